The number of nitrogens with one attached hydrogen (secondary N) is 2. The Kier molecular flexibility index (Phi) is 10.8. The highest BCUT2D eigenvalue weighted by atomic mass is 127. The standard InChI is InChI=1S/C17H27N3O3.HI/c1-18-17(19-8-5-9-22-11-10-21-2)20-13-15-12-14-6-3-4-7-16(14)23-15;/h3-4,6-7,15H,5,8-13H2,1-2H3,(H2,18,19,20);1H. The van der Waals surface area contributed by atoms with Gasteiger partial charge in [0.2, 0.25) is 0 Å². The highest BCUT2D eigenvalue weighted by Crippen LogP contribution is 2.27. The van der Waals surface area contributed by atoms with Crippen LogP contribution in [0.15, 0.2) is 29.3 Å². The molecule has 6 nitrogen and oxygen atoms in total. The van der Waals surface area contributed by atoms with E-state index in [-0.39, 0.29) is 30.1 Å². The van der Waals surface area contributed by atoms with Crippen LogP contribution in [0, 0.1) is 0 Å². The maximum atomic E-state index is 5.91. The number of hydrogen-bond donors (Lipinski definition) is 2. The highest BCUT2D eigenvalue weighted by Gasteiger charge is 2.22. The largest absolute Gasteiger partial charge is 0.488 e. The summed E-state index contributed by atoms with van der Waals surface area (Å²) in [7, 11) is 3.45. The van der Waals surface area contributed by atoms with Gasteiger partial charge in [-0.2, -0.15) is 0 Å². The van der Waals surface area contributed by atoms with E-state index in [1.165, 1.54) is 5.56 Å². The average Bonchev–Trinajstić information content (AvgIpc) is 2.99. The summed E-state index contributed by atoms with van der Waals surface area (Å²) in [5.41, 5.74) is 1.27. The fourth-order valence-corrected chi connectivity index (χ4v) is 2.42. The van der Waals surface area contributed by atoms with Gasteiger partial charge in [0.25, 0.3) is 0 Å². The number of halogens is 1. The molecule has 1 aliphatic heterocycles. The second-order valence-corrected chi connectivity index (χ2v) is 5.39. The number of methoxy groups -OCH3 is 1. The summed E-state index contributed by atoms with van der Waals surface area (Å²) in [6.07, 6.45) is 2.02. The third kappa shape index (κ3) is 7.23. The zero-order valence-corrected chi connectivity index (χ0v) is 16.7. The first kappa shape index (κ1) is 21.0. The Labute approximate surface area is 161 Å². The van der Waals surface area contributed by atoms with Crippen molar-refractivity contribution < 1.29 is 14.2 Å². The van der Waals surface area contributed by atoms with Crippen LogP contribution in [-0.2, 0) is 15.9 Å². The molecule has 2 rings (SSSR count). The molecule has 0 fully saturated rings. The monoisotopic (exact) mass is 449 g/mol. The van der Waals surface area contributed by atoms with Crippen LogP contribution < -0.4 is 15.4 Å². The molecular formula is C17H28IN3O3. The van der Waals surface area contributed by atoms with Gasteiger partial charge < -0.3 is 24.8 Å². The van der Waals surface area contributed by atoms with Crippen molar-refractivity contribution in [3.63, 3.8) is 0 Å². The van der Waals surface area contributed by atoms with Gasteiger partial charge in [0.1, 0.15) is 11.9 Å². The molecule has 1 aromatic carbocycles. The van der Waals surface area contributed by atoms with Gasteiger partial charge in [0.05, 0.1) is 19.8 Å². The van der Waals surface area contributed by atoms with Crippen molar-refractivity contribution in [2.75, 3.05) is 47.1 Å². The topological polar surface area (TPSA) is 64.1 Å². The number of nitrogens with zero attached hydrogens (tertiary/aromatic N) is 1. The van der Waals surface area contributed by atoms with Crippen molar-refractivity contribution in [2.45, 2.75) is 18.9 Å². The van der Waals surface area contributed by atoms with Crippen LogP contribution in [-0.4, -0.2) is 59.1 Å². The maximum absolute atomic E-state index is 5.91. The summed E-state index contributed by atoms with van der Waals surface area (Å²) in [5.74, 6) is 1.79. The molecule has 0 saturated carbocycles. The number of benzene rings is 1. The van der Waals surface area contributed by atoms with Crippen LogP contribution >= 0.6 is 24.0 Å². The van der Waals surface area contributed by atoms with Crippen LogP contribution in [0.1, 0.15) is 12.0 Å². The molecule has 1 atom stereocenters. The Hall–Kier alpha value is -1.06. The fourth-order valence-electron chi connectivity index (χ4n) is 2.42. The molecule has 0 saturated heterocycles. The summed E-state index contributed by atoms with van der Waals surface area (Å²) < 4.78 is 16.3. The molecule has 2 N–H and O–H groups in total. The Morgan fingerprint density at radius 3 is 2.83 bits per heavy atom. The minimum Gasteiger partial charge on any atom is -0.488 e. The van der Waals surface area contributed by atoms with Gasteiger partial charge in [-0.15, -0.1) is 24.0 Å². The Bertz CT molecular complexity index is 475. The van der Waals surface area contributed by atoms with Crippen LogP contribution in [0.25, 0.3) is 0 Å². The van der Waals surface area contributed by atoms with Gasteiger partial charge in [-0.25, -0.2) is 0 Å². The van der Waals surface area contributed by atoms with Crippen molar-refractivity contribution in [1.29, 1.82) is 0 Å². The van der Waals surface area contributed by atoms with Crippen LogP contribution in [0.3, 0.4) is 0 Å². The molecule has 1 unspecified atom stereocenters. The van der Waals surface area contributed by atoms with Gasteiger partial charge in [-0.1, -0.05) is 18.2 Å². The molecule has 0 aromatic heterocycles. The number of fused-ring (bicyclic) bond motifs is 1. The second kappa shape index (κ2) is 12.3. The predicted octanol–water partition coefficient (Wildman–Crippen LogP) is 1.83. The zero-order valence-electron chi connectivity index (χ0n) is 14.4. The maximum Gasteiger partial charge on any atom is 0.191 e. The Morgan fingerprint density at radius 2 is 2.08 bits per heavy atom. The lowest BCUT2D eigenvalue weighted by molar-refractivity contribution is 0.0698. The Morgan fingerprint density at radius 1 is 1.25 bits per heavy atom. The summed E-state index contributed by atoms with van der Waals surface area (Å²) in [5, 5.41) is 6.59. The van der Waals surface area contributed by atoms with E-state index < -0.39 is 0 Å². The van der Waals surface area contributed by atoms with Gasteiger partial charge in [-0.3, -0.25) is 4.99 Å². The van der Waals surface area contributed by atoms with E-state index in [1.54, 1.807) is 14.2 Å². The van der Waals surface area contributed by atoms with Gasteiger partial charge in [-0.05, 0) is 18.1 Å². The molecule has 24 heavy (non-hydrogen) atoms. The van der Waals surface area contributed by atoms with Gasteiger partial charge >= 0.3 is 0 Å². The van der Waals surface area contributed by atoms with Crippen molar-refractivity contribution in [3.05, 3.63) is 29.8 Å². The van der Waals surface area contributed by atoms with Crippen molar-refractivity contribution in [3.8, 4) is 5.75 Å². The number of aliphatic imine (C=N–C) groups is 1. The predicted molar refractivity (Wildman–Crippen MR) is 107 cm³/mol. The van der Waals surface area contributed by atoms with E-state index in [0.29, 0.717) is 19.8 Å². The molecule has 136 valence electrons. The minimum absolute atomic E-state index is 0. The first-order valence-electron chi connectivity index (χ1n) is 8.09. The van der Waals surface area contributed by atoms with E-state index >= 15 is 0 Å². The molecule has 1 heterocycles. The summed E-state index contributed by atoms with van der Waals surface area (Å²) in [6, 6.07) is 8.19. The van der Waals surface area contributed by atoms with E-state index in [0.717, 1.165) is 37.6 Å². The van der Waals surface area contributed by atoms with Crippen LogP contribution in [0.5, 0.6) is 5.75 Å². The van der Waals surface area contributed by atoms with Gasteiger partial charge in [0, 0.05) is 33.7 Å². The lowest BCUT2D eigenvalue weighted by atomic mass is 10.1. The van der Waals surface area contributed by atoms with Crippen molar-refractivity contribution in [1.82, 2.24) is 10.6 Å². The van der Waals surface area contributed by atoms with Gasteiger partial charge in [0.15, 0.2) is 5.96 Å². The van der Waals surface area contributed by atoms with E-state index in [9.17, 15) is 0 Å². The molecule has 0 radical (unpaired) electrons. The SMILES string of the molecule is CN=C(NCCCOCCOC)NCC1Cc2ccccc2O1.I. The van der Waals surface area contributed by atoms with E-state index in [2.05, 4.69) is 21.7 Å². The third-order valence-corrected chi connectivity index (χ3v) is 3.62. The first-order chi connectivity index (χ1) is 11.3. The smallest absolute Gasteiger partial charge is 0.191 e. The number of guanidine groups is 1. The highest BCUT2D eigenvalue weighted by molar-refractivity contribution is 14.0. The average molecular weight is 449 g/mol. The summed E-state index contributed by atoms with van der Waals surface area (Å²) in [4.78, 5) is 4.22. The molecule has 7 heteroatoms. The zero-order chi connectivity index (χ0) is 16.3. The summed E-state index contributed by atoms with van der Waals surface area (Å²) in [6.45, 7) is 3.55. The lowest BCUT2D eigenvalue weighted by Crippen LogP contribution is -2.42. The molecular weight excluding hydrogens is 421 g/mol. The third-order valence-electron chi connectivity index (χ3n) is 3.62. The first-order valence-corrected chi connectivity index (χ1v) is 8.09. The molecule has 1 aromatic rings. The van der Waals surface area contributed by atoms with Crippen molar-refractivity contribution >= 4 is 29.9 Å². The van der Waals surface area contributed by atoms with E-state index in [4.69, 9.17) is 14.2 Å². The summed E-state index contributed by atoms with van der Waals surface area (Å²) >= 11 is 0. The molecule has 1 aliphatic rings. The molecule has 0 bridgehead atoms. The quantitative estimate of drug-likeness (QED) is 0.261. The second-order valence-electron chi connectivity index (χ2n) is 5.39. The fraction of sp³-hybridized carbons (Fsp3) is 0.588. The number of hydrogen-bond acceptors (Lipinski definition) is 4. The lowest BCUT2D eigenvalue weighted by Gasteiger charge is -2.15. The molecule has 0 spiro atoms. The van der Waals surface area contributed by atoms with Crippen LogP contribution in [0.2, 0.25) is 0 Å². The Balaban J connectivity index is 0.00000288. The molecule has 0 amide bonds. The molecule has 0 aliphatic carbocycles. The number of ether oxygens (including phenoxy) is 3. The number of para-hydroxylation sites is 1. The van der Waals surface area contributed by atoms with Crippen molar-refractivity contribution in [2.24, 2.45) is 4.99 Å². The van der Waals surface area contributed by atoms with E-state index in [1.807, 2.05) is 18.2 Å². The minimum atomic E-state index is 0. The number of rotatable bonds is 9. The normalized spacial score (nSPS) is 16.1. The van der Waals surface area contributed by atoms with Crippen LogP contribution in [0.4, 0.5) is 0 Å².